The molecule has 0 spiro atoms. The van der Waals surface area contributed by atoms with Gasteiger partial charge in [-0.15, -0.1) is 0 Å². The fourth-order valence-corrected chi connectivity index (χ4v) is 3.93. The molecule has 0 aliphatic carbocycles. The minimum Gasteiger partial charge on any atom is -0.490 e. The Morgan fingerprint density at radius 2 is 0.967 bits per heavy atom. The first-order valence-corrected chi connectivity index (χ1v) is 11.7. The van der Waals surface area contributed by atoms with Crippen molar-refractivity contribution >= 4 is 0 Å². The van der Waals surface area contributed by atoms with Crippen LogP contribution in [0.3, 0.4) is 0 Å². The van der Waals surface area contributed by atoms with Crippen molar-refractivity contribution in [1.82, 2.24) is 0 Å². The molecule has 0 saturated heterocycles. The Morgan fingerprint density at radius 1 is 0.600 bits per heavy atom. The molecule has 0 amide bonds. The number of aryl methyl sites for hydroxylation is 2. The second-order valence-electron chi connectivity index (χ2n) is 9.52. The molecule has 0 heterocycles. The highest BCUT2D eigenvalue weighted by Crippen LogP contribution is 2.33. The molecule has 0 fully saturated rings. The molecule has 0 aliphatic rings. The molecule has 2 aromatic carbocycles. The average Bonchev–Trinajstić information content (AvgIpc) is 2.76. The number of benzene rings is 2. The fourth-order valence-electron chi connectivity index (χ4n) is 3.93. The lowest BCUT2D eigenvalue weighted by atomic mass is 9.79. The first-order chi connectivity index (χ1) is 14.2. The summed E-state index contributed by atoms with van der Waals surface area (Å²) < 4.78 is 12.0. The van der Waals surface area contributed by atoms with Gasteiger partial charge in [0, 0.05) is 0 Å². The van der Waals surface area contributed by atoms with Crippen LogP contribution in [-0.2, 0) is 23.7 Å². The van der Waals surface area contributed by atoms with E-state index in [-0.39, 0.29) is 10.8 Å². The minimum atomic E-state index is 0.197. The third-order valence-electron chi connectivity index (χ3n) is 6.76. The van der Waals surface area contributed by atoms with E-state index in [4.69, 9.17) is 9.47 Å². The predicted molar refractivity (Wildman–Crippen MR) is 129 cm³/mol. The van der Waals surface area contributed by atoms with Crippen LogP contribution in [0.1, 0.15) is 90.5 Å². The van der Waals surface area contributed by atoms with Gasteiger partial charge in [0.15, 0.2) is 0 Å². The van der Waals surface area contributed by atoms with Crippen LogP contribution in [-0.4, -0.2) is 13.2 Å². The van der Waals surface area contributed by atoms with Gasteiger partial charge in [0.25, 0.3) is 0 Å². The Labute approximate surface area is 185 Å². The molecule has 0 bridgehead atoms. The van der Waals surface area contributed by atoms with E-state index in [0.717, 1.165) is 37.2 Å². The maximum Gasteiger partial charge on any atom is 0.122 e. The summed E-state index contributed by atoms with van der Waals surface area (Å²) in [6.45, 7) is 19.3. The second kappa shape index (κ2) is 10.4. The molecule has 0 N–H and O–H groups in total. The van der Waals surface area contributed by atoms with Crippen LogP contribution < -0.4 is 9.47 Å². The maximum absolute atomic E-state index is 6.00. The van der Waals surface area contributed by atoms with Crippen molar-refractivity contribution in [3.05, 3.63) is 58.7 Å². The Kier molecular flexibility index (Phi) is 8.41. The number of hydrogen-bond donors (Lipinski definition) is 0. The summed E-state index contributed by atoms with van der Waals surface area (Å²) in [5.74, 6) is 1.86. The molecule has 0 unspecified atom stereocenters. The van der Waals surface area contributed by atoms with Crippen LogP contribution in [0.15, 0.2) is 36.4 Å². The largest absolute Gasteiger partial charge is 0.490 e. The van der Waals surface area contributed by atoms with Crippen LogP contribution in [0.4, 0.5) is 0 Å². The third kappa shape index (κ3) is 5.80. The predicted octanol–water partition coefficient (Wildman–Crippen LogP) is 7.64. The van der Waals surface area contributed by atoms with E-state index < -0.39 is 0 Å². The van der Waals surface area contributed by atoms with Gasteiger partial charge in [-0.05, 0) is 83.0 Å². The van der Waals surface area contributed by atoms with E-state index in [1.54, 1.807) is 0 Å². The summed E-state index contributed by atoms with van der Waals surface area (Å²) in [6, 6.07) is 13.1. The van der Waals surface area contributed by atoms with Crippen molar-refractivity contribution < 1.29 is 9.47 Å². The van der Waals surface area contributed by atoms with Crippen LogP contribution >= 0.6 is 0 Å². The van der Waals surface area contributed by atoms with Crippen molar-refractivity contribution in [3.8, 4) is 11.5 Å². The SMILES string of the molecule is CCc1cc(OCCOc2ccc(C(C)(C)CC)c(CC)c2)ccc1C(C)(C)CC. The summed E-state index contributed by atoms with van der Waals surface area (Å²) in [4.78, 5) is 0. The smallest absolute Gasteiger partial charge is 0.122 e. The van der Waals surface area contributed by atoms with Gasteiger partial charge < -0.3 is 9.47 Å². The van der Waals surface area contributed by atoms with Gasteiger partial charge >= 0.3 is 0 Å². The van der Waals surface area contributed by atoms with Gasteiger partial charge in [-0.25, -0.2) is 0 Å². The van der Waals surface area contributed by atoms with E-state index in [1.807, 2.05) is 0 Å². The lowest BCUT2D eigenvalue weighted by molar-refractivity contribution is 0.216. The molecule has 166 valence electrons. The quantitative estimate of drug-likeness (QED) is 0.354. The highest BCUT2D eigenvalue weighted by molar-refractivity contribution is 5.41. The molecule has 0 saturated carbocycles. The molecule has 0 atom stereocenters. The van der Waals surface area contributed by atoms with Crippen molar-refractivity contribution in [2.24, 2.45) is 0 Å². The molecular formula is C28H42O2. The van der Waals surface area contributed by atoms with Crippen LogP contribution in [0.25, 0.3) is 0 Å². The fraction of sp³-hybridized carbons (Fsp3) is 0.571. The van der Waals surface area contributed by atoms with Gasteiger partial charge in [-0.2, -0.15) is 0 Å². The zero-order chi connectivity index (χ0) is 22.4. The van der Waals surface area contributed by atoms with Crippen LogP contribution in [0.5, 0.6) is 11.5 Å². The second-order valence-corrected chi connectivity index (χ2v) is 9.52. The topological polar surface area (TPSA) is 18.5 Å². The molecule has 2 heteroatoms. The number of ether oxygens (including phenoxy) is 2. The first-order valence-electron chi connectivity index (χ1n) is 11.7. The molecule has 2 rings (SSSR count). The molecular weight excluding hydrogens is 368 g/mol. The summed E-state index contributed by atoms with van der Waals surface area (Å²) in [7, 11) is 0. The Bertz CT molecular complexity index is 748. The molecule has 0 radical (unpaired) electrons. The molecule has 30 heavy (non-hydrogen) atoms. The standard InChI is InChI=1S/C28H42O2/c1-9-21-19-23(13-15-25(21)27(5,6)11-3)29-17-18-30-24-14-16-26(22(10-2)20-24)28(7,8)12-4/h13-16,19-20H,9-12,17-18H2,1-8H3. The zero-order valence-electron chi connectivity index (χ0n) is 20.5. The summed E-state index contributed by atoms with van der Waals surface area (Å²) in [6.07, 6.45) is 4.30. The Morgan fingerprint density at radius 3 is 1.27 bits per heavy atom. The zero-order valence-corrected chi connectivity index (χ0v) is 20.5. The molecule has 0 aliphatic heterocycles. The third-order valence-corrected chi connectivity index (χ3v) is 6.76. The van der Waals surface area contributed by atoms with E-state index in [2.05, 4.69) is 91.8 Å². The number of rotatable bonds is 11. The van der Waals surface area contributed by atoms with Crippen LogP contribution in [0.2, 0.25) is 0 Å². The monoisotopic (exact) mass is 410 g/mol. The van der Waals surface area contributed by atoms with E-state index in [1.165, 1.54) is 22.3 Å². The van der Waals surface area contributed by atoms with E-state index in [0.29, 0.717) is 13.2 Å². The molecule has 2 nitrogen and oxygen atoms in total. The summed E-state index contributed by atoms with van der Waals surface area (Å²) in [5.41, 5.74) is 6.01. The minimum absolute atomic E-state index is 0.197. The van der Waals surface area contributed by atoms with Crippen molar-refractivity contribution in [1.29, 1.82) is 0 Å². The van der Waals surface area contributed by atoms with Gasteiger partial charge in [0.05, 0.1) is 0 Å². The summed E-state index contributed by atoms with van der Waals surface area (Å²) >= 11 is 0. The lowest BCUT2D eigenvalue weighted by Crippen LogP contribution is -2.18. The van der Waals surface area contributed by atoms with Crippen molar-refractivity contribution in [3.63, 3.8) is 0 Å². The molecule has 0 aromatic heterocycles. The van der Waals surface area contributed by atoms with Gasteiger partial charge in [0.1, 0.15) is 24.7 Å². The first kappa shape index (κ1) is 24.3. The molecule has 2 aromatic rings. The van der Waals surface area contributed by atoms with Crippen molar-refractivity contribution in [2.45, 2.75) is 91.9 Å². The average molecular weight is 411 g/mol. The van der Waals surface area contributed by atoms with Crippen LogP contribution in [0, 0.1) is 0 Å². The van der Waals surface area contributed by atoms with E-state index >= 15 is 0 Å². The highest BCUT2D eigenvalue weighted by atomic mass is 16.5. The Hall–Kier alpha value is -1.96. The van der Waals surface area contributed by atoms with Gasteiger partial charge in [0.2, 0.25) is 0 Å². The Balaban J connectivity index is 1.98. The van der Waals surface area contributed by atoms with Crippen molar-refractivity contribution in [2.75, 3.05) is 13.2 Å². The van der Waals surface area contributed by atoms with Gasteiger partial charge in [-0.3, -0.25) is 0 Å². The summed E-state index contributed by atoms with van der Waals surface area (Å²) in [5, 5.41) is 0. The normalized spacial score (nSPS) is 12.1. The highest BCUT2D eigenvalue weighted by Gasteiger charge is 2.22. The van der Waals surface area contributed by atoms with Gasteiger partial charge in [-0.1, -0.05) is 67.5 Å². The number of hydrogen-bond acceptors (Lipinski definition) is 2. The maximum atomic E-state index is 6.00. The lowest BCUT2D eigenvalue weighted by Gasteiger charge is -2.27. The van der Waals surface area contributed by atoms with E-state index in [9.17, 15) is 0 Å².